The van der Waals surface area contributed by atoms with E-state index in [1.165, 1.54) is 0 Å². The van der Waals surface area contributed by atoms with Crippen LogP contribution in [0.1, 0.15) is 17.0 Å². The Labute approximate surface area is 162 Å². The second kappa shape index (κ2) is 7.94. The number of carbonyl (C=O) groups excluding carboxylic acids is 1. The van der Waals surface area contributed by atoms with Gasteiger partial charge in [0.05, 0.1) is 22.2 Å². The number of hydrogen-bond donors (Lipinski definition) is 0. The third kappa shape index (κ3) is 4.26. The quantitative estimate of drug-likeness (QED) is 0.606. The summed E-state index contributed by atoms with van der Waals surface area (Å²) in [7, 11) is 1.75. The van der Waals surface area contributed by atoms with Gasteiger partial charge in [-0.15, -0.1) is 0 Å². The summed E-state index contributed by atoms with van der Waals surface area (Å²) in [5.41, 5.74) is 2.45. The average Bonchev–Trinajstić information content (AvgIpc) is 2.99. The zero-order chi connectivity index (χ0) is 18.7. The zero-order valence-electron chi connectivity index (χ0n) is 14.5. The molecule has 0 aliphatic carbocycles. The molecule has 1 amide bonds. The van der Waals surface area contributed by atoms with Crippen LogP contribution in [-0.2, 0) is 17.8 Å². The summed E-state index contributed by atoms with van der Waals surface area (Å²) in [4.78, 5) is 18.7. The molecule has 0 N–H and O–H groups in total. The maximum Gasteiger partial charge on any atom is 0.228 e. The molecule has 134 valence electrons. The number of halogens is 2. The van der Waals surface area contributed by atoms with Gasteiger partial charge in [0.25, 0.3) is 0 Å². The van der Waals surface area contributed by atoms with Crippen LogP contribution in [0.4, 0.5) is 0 Å². The molecular weight excluding hydrogens is 371 g/mol. The first kappa shape index (κ1) is 18.5. The van der Waals surface area contributed by atoms with Gasteiger partial charge in [0.15, 0.2) is 0 Å². The van der Waals surface area contributed by atoms with Crippen molar-refractivity contribution in [2.75, 3.05) is 7.05 Å². The lowest BCUT2D eigenvalue weighted by Gasteiger charge is -2.17. The van der Waals surface area contributed by atoms with Crippen molar-refractivity contribution in [1.29, 1.82) is 0 Å². The van der Waals surface area contributed by atoms with Crippen LogP contribution in [0.2, 0.25) is 10.0 Å². The fourth-order valence-corrected chi connectivity index (χ4v) is 2.90. The average molecular weight is 389 g/mol. The maximum absolute atomic E-state index is 12.6. The van der Waals surface area contributed by atoms with Crippen LogP contribution < -0.4 is 0 Å². The summed E-state index contributed by atoms with van der Waals surface area (Å²) in [5.74, 6) is 1.13. The van der Waals surface area contributed by atoms with Crippen LogP contribution >= 0.6 is 23.2 Å². The Kier molecular flexibility index (Phi) is 5.64. The largest absolute Gasteiger partial charge is 0.441 e. The molecule has 3 aromatic rings. The van der Waals surface area contributed by atoms with Gasteiger partial charge in [0.1, 0.15) is 5.76 Å². The smallest absolute Gasteiger partial charge is 0.228 e. The molecule has 0 atom stereocenters. The fourth-order valence-electron chi connectivity index (χ4n) is 2.57. The monoisotopic (exact) mass is 388 g/mol. The van der Waals surface area contributed by atoms with Crippen molar-refractivity contribution in [1.82, 2.24) is 9.88 Å². The molecule has 0 aliphatic rings. The van der Waals surface area contributed by atoms with Gasteiger partial charge in [-0.2, -0.15) is 0 Å². The molecule has 0 radical (unpaired) electrons. The highest BCUT2D eigenvalue weighted by atomic mass is 35.5. The molecule has 0 fully saturated rings. The number of aromatic nitrogens is 1. The van der Waals surface area contributed by atoms with E-state index in [1.54, 1.807) is 24.1 Å². The van der Waals surface area contributed by atoms with Crippen molar-refractivity contribution in [3.05, 3.63) is 75.6 Å². The molecule has 1 heterocycles. The number of amides is 1. The number of hydrogen-bond acceptors (Lipinski definition) is 3. The summed E-state index contributed by atoms with van der Waals surface area (Å²) in [6.07, 6.45) is 0.181. The van der Waals surface area contributed by atoms with Gasteiger partial charge in [0, 0.05) is 19.2 Å². The van der Waals surface area contributed by atoms with Gasteiger partial charge < -0.3 is 9.32 Å². The van der Waals surface area contributed by atoms with E-state index in [0.717, 1.165) is 11.1 Å². The van der Waals surface area contributed by atoms with E-state index in [9.17, 15) is 4.79 Å². The van der Waals surface area contributed by atoms with Crippen LogP contribution in [0, 0.1) is 6.92 Å². The minimum atomic E-state index is -0.0490. The number of rotatable bonds is 5. The molecule has 0 aliphatic heterocycles. The Hall–Kier alpha value is -2.30. The molecule has 4 nitrogen and oxygen atoms in total. The Balaban J connectivity index is 1.69. The number of benzene rings is 2. The highest BCUT2D eigenvalue weighted by Crippen LogP contribution is 2.24. The minimum Gasteiger partial charge on any atom is -0.441 e. The van der Waals surface area contributed by atoms with Crippen LogP contribution in [0.25, 0.3) is 11.5 Å². The summed E-state index contributed by atoms with van der Waals surface area (Å²) >= 11 is 12.0. The van der Waals surface area contributed by atoms with E-state index in [2.05, 4.69) is 4.98 Å². The van der Waals surface area contributed by atoms with Gasteiger partial charge in [-0.1, -0.05) is 47.5 Å². The van der Waals surface area contributed by atoms with Gasteiger partial charge >= 0.3 is 0 Å². The van der Waals surface area contributed by atoms with Gasteiger partial charge in [-0.25, -0.2) is 4.98 Å². The van der Waals surface area contributed by atoms with Crippen LogP contribution in [0.5, 0.6) is 0 Å². The second-order valence-corrected chi connectivity index (χ2v) is 6.88. The fraction of sp³-hybridized carbons (Fsp3) is 0.200. The second-order valence-electron chi connectivity index (χ2n) is 6.06. The minimum absolute atomic E-state index is 0.0490. The van der Waals surface area contributed by atoms with Gasteiger partial charge in [-0.05, 0) is 36.8 Å². The number of carbonyl (C=O) groups is 1. The lowest BCUT2D eigenvalue weighted by Crippen LogP contribution is -2.28. The first-order valence-corrected chi connectivity index (χ1v) is 8.89. The normalized spacial score (nSPS) is 10.8. The molecule has 26 heavy (non-hydrogen) atoms. The summed E-state index contributed by atoms with van der Waals surface area (Å²) in [6, 6.07) is 15.0. The molecule has 0 unspecified atom stereocenters. The Morgan fingerprint density at radius 3 is 2.54 bits per heavy atom. The van der Waals surface area contributed by atoms with Crippen molar-refractivity contribution in [3.63, 3.8) is 0 Å². The first-order valence-electron chi connectivity index (χ1n) is 8.13. The van der Waals surface area contributed by atoms with Crippen LogP contribution in [-0.4, -0.2) is 22.8 Å². The zero-order valence-corrected chi connectivity index (χ0v) is 16.0. The predicted molar refractivity (Wildman–Crippen MR) is 103 cm³/mol. The highest BCUT2D eigenvalue weighted by molar-refractivity contribution is 6.42. The molecule has 2 aromatic carbocycles. The van der Waals surface area contributed by atoms with E-state index in [-0.39, 0.29) is 12.3 Å². The molecular formula is C20H18Cl2N2O2. The van der Waals surface area contributed by atoms with Crippen molar-refractivity contribution in [2.45, 2.75) is 19.9 Å². The lowest BCUT2D eigenvalue weighted by molar-refractivity contribution is -0.129. The third-order valence-electron chi connectivity index (χ3n) is 4.06. The molecule has 3 rings (SSSR count). The van der Waals surface area contributed by atoms with E-state index in [1.807, 2.05) is 43.3 Å². The molecule has 0 saturated carbocycles. The van der Waals surface area contributed by atoms with E-state index in [4.69, 9.17) is 27.6 Å². The van der Waals surface area contributed by atoms with Gasteiger partial charge in [0.2, 0.25) is 11.8 Å². The van der Waals surface area contributed by atoms with Crippen molar-refractivity contribution < 1.29 is 9.21 Å². The number of nitrogens with zero attached hydrogens (tertiary/aromatic N) is 2. The molecule has 0 saturated heterocycles. The maximum atomic E-state index is 12.6. The van der Waals surface area contributed by atoms with E-state index >= 15 is 0 Å². The van der Waals surface area contributed by atoms with Crippen molar-refractivity contribution in [3.8, 4) is 11.5 Å². The lowest BCUT2D eigenvalue weighted by atomic mass is 10.2. The SMILES string of the molecule is Cc1oc(-c2ccccc2)nc1CC(=O)N(C)Cc1ccc(Cl)c(Cl)c1. The van der Waals surface area contributed by atoms with Crippen molar-refractivity contribution >= 4 is 29.1 Å². The molecule has 0 bridgehead atoms. The summed E-state index contributed by atoms with van der Waals surface area (Å²) in [6.45, 7) is 2.26. The Morgan fingerprint density at radius 1 is 1.12 bits per heavy atom. The molecule has 0 spiro atoms. The standard InChI is InChI=1S/C20H18Cl2N2O2/c1-13-18(23-20(26-13)15-6-4-3-5-7-15)11-19(25)24(2)12-14-8-9-16(21)17(22)10-14/h3-10H,11-12H2,1-2H3. The molecule has 6 heteroatoms. The van der Waals surface area contributed by atoms with Gasteiger partial charge in [-0.3, -0.25) is 4.79 Å². The van der Waals surface area contributed by atoms with E-state index < -0.39 is 0 Å². The van der Waals surface area contributed by atoms with Crippen molar-refractivity contribution in [2.24, 2.45) is 0 Å². The highest BCUT2D eigenvalue weighted by Gasteiger charge is 2.17. The summed E-state index contributed by atoms with van der Waals surface area (Å²) in [5, 5.41) is 0.973. The predicted octanol–water partition coefficient (Wildman–Crippen LogP) is 5.16. The van der Waals surface area contributed by atoms with Crippen LogP contribution in [0.15, 0.2) is 52.9 Å². The molecule has 1 aromatic heterocycles. The first-order chi connectivity index (χ1) is 12.4. The van der Waals surface area contributed by atoms with Crippen LogP contribution in [0.3, 0.4) is 0 Å². The Morgan fingerprint density at radius 2 is 1.85 bits per heavy atom. The Bertz CT molecular complexity index is 923. The topological polar surface area (TPSA) is 46.3 Å². The summed E-state index contributed by atoms with van der Waals surface area (Å²) < 4.78 is 5.71. The third-order valence-corrected chi connectivity index (χ3v) is 4.80. The number of oxazole rings is 1. The van der Waals surface area contributed by atoms with E-state index in [0.29, 0.717) is 33.9 Å². The number of likely N-dealkylation sites (N-methyl/N-ethyl adjacent to an activating group) is 1. The number of aryl methyl sites for hydroxylation is 1.